The van der Waals surface area contributed by atoms with Gasteiger partial charge in [0.05, 0.1) is 6.54 Å². The van der Waals surface area contributed by atoms with Crippen LogP contribution in [0.15, 0.2) is 48.5 Å². The Labute approximate surface area is 179 Å². The third-order valence-electron chi connectivity index (χ3n) is 5.51. The summed E-state index contributed by atoms with van der Waals surface area (Å²) >= 11 is 0. The van der Waals surface area contributed by atoms with Gasteiger partial charge in [0.1, 0.15) is 12.6 Å². The van der Waals surface area contributed by atoms with E-state index in [0.717, 1.165) is 35.1 Å². The van der Waals surface area contributed by atoms with Crippen molar-refractivity contribution < 1.29 is 24.2 Å². The van der Waals surface area contributed by atoms with Crippen LogP contribution in [0, 0.1) is 17.8 Å². The van der Waals surface area contributed by atoms with Gasteiger partial charge in [0.15, 0.2) is 0 Å². The topological polar surface area (TPSA) is 105 Å². The first kappa shape index (κ1) is 20.5. The van der Waals surface area contributed by atoms with E-state index in [1.54, 1.807) is 0 Å². The standard InChI is InChI=1S/C24H22N2O5/c27-21(26-22(23(28)29)15-11-12-15)10-5-13-25-24(30)31-14-20-18-8-3-1-6-16(18)17-7-2-4-9-19(17)20/h1-4,6-9,15,20,22H,11-14H2,(H,25,30)(H,26,27)(H,28,29). The molecule has 31 heavy (non-hydrogen) atoms. The summed E-state index contributed by atoms with van der Waals surface area (Å²) in [5.41, 5.74) is 4.54. The Morgan fingerprint density at radius 1 is 1.03 bits per heavy atom. The fourth-order valence-corrected chi connectivity index (χ4v) is 3.88. The molecule has 7 nitrogen and oxygen atoms in total. The van der Waals surface area contributed by atoms with Gasteiger partial charge in [-0.1, -0.05) is 54.5 Å². The fraction of sp³-hybridized carbons (Fsp3) is 0.292. The Morgan fingerprint density at radius 3 is 2.23 bits per heavy atom. The first-order valence-electron chi connectivity index (χ1n) is 10.2. The molecule has 4 rings (SSSR count). The molecule has 7 heteroatoms. The maximum Gasteiger partial charge on any atom is 0.407 e. The lowest BCUT2D eigenvalue weighted by Crippen LogP contribution is -2.41. The normalized spacial score (nSPS) is 15.0. The number of hydrogen-bond donors (Lipinski definition) is 3. The molecule has 0 spiro atoms. The van der Waals surface area contributed by atoms with Crippen LogP contribution in [0.5, 0.6) is 0 Å². The average molecular weight is 418 g/mol. The number of aliphatic carboxylic acids is 1. The van der Waals surface area contributed by atoms with Crippen molar-refractivity contribution in [2.45, 2.75) is 24.8 Å². The second kappa shape index (κ2) is 8.92. The van der Waals surface area contributed by atoms with Crippen LogP contribution in [-0.2, 0) is 14.3 Å². The quantitative estimate of drug-likeness (QED) is 0.626. The van der Waals surface area contributed by atoms with Crippen molar-refractivity contribution in [1.82, 2.24) is 10.6 Å². The van der Waals surface area contributed by atoms with E-state index < -0.39 is 24.0 Å². The van der Waals surface area contributed by atoms with E-state index in [1.807, 2.05) is 36.4 Å². The zero-order valence-corrected chi connectivity index (χ0v) is 16.8. The third-order valence-corrected chi connectivity index (χ3v) is 5.51. The van der Waals surface area contributed by atoms with Gasteiger partial charge in [-0.25, -0.2) is 9.59 Å². The summed E-state index contributed by atoms with van der Waals surface area (Å²) in [5.74, 6) is 3.01. The van der Waals surface area contributed by atoms with Crippen molar-refractivity contribution in [2.24, 2.45) is 5.92 Å². The van der Waals surface area contributed by atoms with Crippen molar-refractivity contribution >= 4 is 18.0 Å². The number of rotatable bonds is 6. The lowest BCUT2D eigenvalue weighted by molar-refractivity contribution is -0.141. The molecule has 158 valence electrons. The molecule has 2 aromatic rings. The van der Waals surface area contributed by atoms with Crippen LogP contribution in [0.25, 0.3) is 11.1 Å². The van der Waals surface area contributed by atoms with Gasteiger partial charge in [-0.15, -0.1) is 0 Å². The third kappa shape index (κ3) is 4.69. The zero-order chi connectivity index (χ0) is 21.8. The van der Waals surface area contributed by atoms with Crippen LogP contribution in [0.4, 0.5) is 4.79 Å². The lowest BCUT2D eigenvalue weighted by atomic mass is 9.98. The summed E-state index contributed by atoms with van der Waals surface area (Å²) in [6.45, 7) is 0.112. The Bertz CT molecular complexity index is 1040. The highest BCUT2D eigenvalue weighted by atomic mass is 16.5. The monoisotopic (exact) mass is 418 g/mol. The number of hydrogen-bond acceptors (Lipinski definition) is 4. The van der Waals surface area contributed by atoms with E-state index in [0.29, 0.717) is 0 Å². The number of alkyl carbamates (subject to hydrolysis) is 1. The summed E-state index contributed by atoms with van der Waals surface area (Å²) in [6.07, 6.45) is 0.945. The average Bonchev–Trinajstić information content (AvgIpc) is 3.56. The van der Waals surface area contributed by atoms with Crippen LogP contribution < -0.4 is 10.6 Å². The smallest absolute Gasteiger partial charge is 0.407 e. The molecule has 0 aliphatic heterocycles. The fourth-order valence-electron chi connectivity index (χ4n) is 3.88. The maximum atomic E-state index is 12.1. The minimum Gasteiger partial charge on any atom is -0.480 e. The lowest BCUT2D eigenvalue weighted by Gasteiger charge is -2.14. The number of nitrogens with one attached hydrogen (secondary N) is 2. The Hall–Kier alpha value is -3.79. The summed E-state index contributed by atoms with van der Waals surface area (Å²) in [7, 11) is 0. The number of ether oxygens (including phenoxy) is 1. The molecule has 0 radical (unpaired) electrons. The molecule has 0 bridgehead atoms. The van der Waals surface area contributed by atoms with Crippen molar-refractivity contribution in [3.8, 4) is 23.0 Å². The summed E-state index contributed by atoms with van der Waals surface area (Å²) in [4.78, 5) is 35.0. The molecule has 1 atom stereocenters. The van der Waals surface area contributed by atoms with Gasteiger partial charge in [0.25, 0.3) is 5.91 Å². The molecular formula is C24H22N2O5. The molecule has 0 aromatic heterocycles. The van der Waals surface area contributed by atoms with Gasteiger partial charge in [0.2, 0.25) is 0 Å². The summed E-state index contributed by atoms with van der Waals surface area (Å²) in [6, 6.07) is 15.2. The van der Waals surface area contributed by atoms with Crippen LogP contribution in [-0.4, -0.2) is 42.3 Å². The predicted octanol–water partition coefficient (Wildman–Crippen LogP) is 2.51. The molecule has 3 N–H and O–H groups in total. The number of fused-ring (bicyclic) bond motifs is 3. The van der Waals surface area contributed by atoms with E-state index in [-0.39, 0.29) is 25.0 Å². The minimum absolute atomic E-state index is 0.0257. The van der Waals surface area contributed by atoms with E-state index in [2.05, 4.69) is 34.6 Å². The number of carboxylic acid groups (broad SMARTS) is 1. The Balaban J connectivity index is 1.27. The first-order chi connectivity index (χ1) is 15.0. The second-order valence-corrected chi connectivity index (χ2v) is 7.61. The van der Waals surface area contributed by atoms with Gasteiger partial charge in [0, 0.05) is 5.92 Å². The minimum atomic E-state index is -1.06. The molecule has 2 aromatic carbocycles. The Morgan fingerprint density at radius 2 is 1.65 bits per heavy atom. The van der Waals surface area contributed by atoms with Crippen LogP contribution in [0.1, 0.15) is 29.9 Å². The summed E-state index contributed by atoms with van der Waals surface area (Å²) in [5, 5.41) is 14.0. The second-order valence-electron chi connectivity index (χ2n) is 7.61. The highest BCUT2D eigenvalue weighted by Crippen LogP contribution is 2.44. The van der Waals surface area contributed by atoms with E-state index >= 15 is 0 Å². The van der Waals surface area contributed by atoms with Crippen molar-refractivity contribution in [2.75, 3.05) is 13.2 Å². The summed E-state index contributed by atoms with van der Waals surface area (Å²) < 4.78 is 5.39. The number of amides is 2. The van der Waals surface area contributed by atoms with E-state index in [4.69, 9.17) is 9.84 Å². The molecule has 0 saturated heterocycles. The first-order valence-corrected chi connectivity index (χ1v) is 10.2. The predicted molar refractivity (Wildman–Crippen MR) is 113 cm³/mol. The zero-order valence-electron chi connectivity index (χ0n) is 16.8. The number of carbonyl (C=O) groups is 3. The SMILES string of the molecule is O=C(C#CCNC(=O)OCC1c2ccccc2-c2ccccc21)NC(C(=O)O)C1CC1. The van der Waals surface area contributed by atoms with Crippen molar-refractivity contribution in [3.05, 3.63) is 59.7 Å². The van der Waals surface area contributed by atoms with Crippen LogP contribution >= 0.6 is 0 Å². The molecule has 1 fully saturated rings. The van der Waals surface area contributed by atoms with Crippen LogP contribution in [0.2, 0.25) is 0 Å². The number of benzene rings is 2. The molecule has 1 saturated carbocycles. The van der Waals surface area contributed by atoms with Crippen molar-refractivity contribution in [3.63, 3.8) is 0 Å². The highest BCUT2D eigenvalue weighted by Gasteiger charge is 2.37. The molecular weight excluding hydrogens is 396 g/mol. The Kier molecular flexibility index (Phi) is 5.89. The van der Waals surface area contributed by atoms with Gasteiger partial charge >= 0.3 is 12.1 Å². The van der Waals surface area contributed by atoms with Gasteiger partial charge in [-0.3, -0.25) is 4.79 Å². The van der Waals surface area contributed by atoms with Gasteiger partial charge < -0.3 is 20.5 Å². The maximum absolute atomic E-state index is 12.1. The van der Waals surface area contributed by atoms with Crippen LogP contribution in [0.3, 0.4) is 0 Å². The molecule has 0 heterocycles. The van der Waals surface area contributed by atoms with E-state index in [9.17, 15) is 14.4 Å². The largest absolute Gasteiger partial charge is 0.480 e. The van der Waals surface area contributed by atoms with Crippen molar-refractivity contribution in [1.29, 1.82) is 0 Å². The van der Waals surface area contributed by atoms with Gasteiger partial charge in [-0.05, 0) is 46.9 Å². The van der Waals surface area contributed by atoms with E-state index in [1.165, 1.54) is 0 Å². The van der Waals surface area contributed by atoms with Gasteiger partial charge in [-0.2, -0.15) is 0 Å². The molecule has 2 amide bonds. The molecule has 2 aliphatic carbocycles. The molecule has 2 aliphatic rings. The number of carboxylic acids is 1. The molecule has 1 unspecified atom stereocenters. The number of carbonyl (C=O) groups excluding carboxylic acids is 2. The highest BCUT2D eigenvalue weighted by molar-refractivity contribution is 5.96.